The molecular weight excluding hydrogens is 732 g/mol. The summed E-state index contributed by atoms with van der Waals surface area (Å²) in [7, 11) is 3.04. The van der Waals surface area contributed by atoms with Crippen molar-refractivity contribution in [2.24, 2.45) is 5.73 Å². The Morgan fingerprint density at radius 2 is 0.927 bits per heavy atom. The van der Waals surface area contributed by atoms with Crippen LogP contribution < -0.4 is 52.9 Å². The molecule has 4 aromatic carbocycles. The molecule has 20 nitrogen and oxygen atoms in total. The second kappa shape index (κ2) is 18.7. The minimum Gasteiger partial charge on any atom is -0.462 e. The first-order valence-electron chi connectivity index (χ1n) is 16.8. The lowest BCUT2D eigenvalue weighted by Crippen LogP contribution is -2.60. The zero-order chi connectivity index (χ0) is 40.7. The van der Waals surface area contributed by atoms with E-state index in [9.17, 15) is 54.9 Å². The second-order valence-electron chi connectivity index (χ2n) is 12.2. The van der Waals surface area contributed by atoms with Gasteiger partial charge in [0, 0.05) is 24.0 Å². The van der Waals surface area contributed by atoms with E-state index >= 15 is 0 Å². The topological polar surface area (TPSA) is 329 Å². The summed E-state index contributed by atoms with van der Waals surface area (Å²) in [6.07, 6.45) is -13.7. The molecule has 2 aliphatic rings. The van der Waals surface area contributed by atoms with Crippen LogP contribution in [0.25, 0.3) is 0 Å². The van der Waals surface area contributed by atoms with Crippen molar-refractivity contribution >= 4 is 28.4 Å². The van der Waals surface area contributed by atoms with Crippen LogP contribution in [0.4, 0.5) is 28.4 Å². The van der Waals surface area contributed by atoms with Gasteiger partial charge in [0.2, 0.25) is 23.4 Å². The molecule has 0 saturated carbocycles. The van der Waals surface area contributed by atoms with Crippen LogP contribution in [0, 0.1) is 6.92 Å². The number of aliphatic hydroxyl groups is 8. The number of nitrogens with one attached hydrogen (secondary N) is 3. The van der Waals surface area contributed by atoms with Crippen molar-refractivity contribution in [3.05, 3.63) is 95.0 Å². The number of ether oxygens (including phenoxy) is 4. The molecule has 2 heterocycles. The van der Waals surface area contributed by atoms with Gasteiger partial charge >= 0.3 is 0 Å². The SMILES string of the molecule is CN.CNc1c(Nc2ccc(OC3OC(CO)C(O)[C@H](O)[C@H]3O)cc2)c(=O)c1=O.Cc1c(Nc2ccc(OC3OC(CO)C(O)[C@H](O)[C@H]3O)cc2)c(=O)c1=O. The Labute approximate surface area is 311 Å². The molecule has 2 aliphatic heterocycles. The summed E-state index contributed by atoms with van der Waals surface area (Å²) in [5.74, 6) is 0.574. The first kappa shape index (κ1) is 42.9. The third-order valence-electron chi connectivity index (χ3n) is 8.76. The van der Waals surface area contributed by atoms with Gasteiger partial charge in [0.25, 0.3) is 10.9 Å². The highest BCUT2D eigenvalue weighted by Gasteiger charge is 2.45. The first-order chi connectivity index (χ1) is 26.2. The maximum atomic E-state index is 11.6. The van der Waals surface area contributed by atoms with Gasteiger partial charge in [-0.2, -0.15) is 0 Å². The Kier molecular flexibility index (Phi) is 14.6. The van der Waals surface area contributed by atoms with Crippen molar-refractivity contribution in [1.29, 1.82) is 0 Å². The van der Waals surface area contributed by atoms with Crippen LogP contribution >= 0.6 is 0 Å². The lowest BCUT2D eigenvalue weighted by Gasteiger charge is -2.39. The van der Waals surface area contributed by atoms with E-state index in [-0.39, 0.29) is 22.8 Å². The summed E-state index contributed by atoms with van der Waals surface area (Å²) in [4.78, 5) is 45.6. The van der Waals surface area contributed by atoms with Gasteiger partial charge in [0.1, 0.15) is 71.7 Å². The quantitative estimate of drug-likeness (QED) is 0.0653. The van der Waals surface area contributed by atoms with Gasteiger partial charge in [-0.25, -0.2) is 0 Å². The molecule has 0 radical (unpaired) electrons. The zero-order valence-electron chi connectivity index (χ0n) is 29.7. The van der Waals surface area contributed by atoms with Gasteiger partial charge in [0.15, 0.2) is 0 Å². The molecule has 2 fully saturated rings. The maximum absolute atomic E-state index is 11.6. The normalized spacial score (nSPS) is 27.6. The smallest absolute Gasteiger partial charge is 0.253 e. The van der Waals surface area contributed by atoms with Crippen molar-refractivity contribution in [2.75, 3.05) is 43.3 Å². The van der Waals surface area contributed by atoms with E-state index < -0.39 is 96.3 Å². The highest BCUT2D eigenvalue weighted by atomic mass is 16.7. The molecule has 6 unspecified atom stereocenters. The molecular formula is C35H44N4O16. The van der Waals surface area contributed by atoms with Crippen molar-refractivity contribution in [3.63, 3.8) is 0 Å². The molecule has 2 saturated heterocycles. The highest BCUT2D eigenvalue weighted by Crippen LogP contribution is 2.28. The van der Waals surface area contributed by atoms with E-state index in [1.54, 1.807) is 38.2 Å². The van der Waals surface area contributed by atoms with Crippen LogP contribution in [-0.4, -0.2) is 130 Å². The van der Waals surface area contributed by atoms with E-state index in [1.807, 2.05) is 0 Å². The van der Waals surface area contributed by atoms with E-state index in [0.29, 0.717) is 22.7 Å². The molecule has 4 aromatic rings. The minimum absolute atomic E-state index is 0.171. The van der Waals surface area contributed by atoms with Gasteiger partial charge in [-0.3, -0.25) is 19.2 Å². The molecule has 20 heteroatoms. The summed E-state index contributed by atoms with van der Waals surface area (Å²) in [6.45, 7) is 0.459. The largest absolute Gasteiger partial charge is 0.462 e. The van der Waals surface area contributed by atoms with Gasteiger partial charge in [-0.05, 0) is 62.5 Å². The van der Waals surface area contributed by atoms with E-state index in [4.69, 9.17) is 24.1 Å². The molecule has 0 spiro atoms. The monoisotopic (exact) mass is 776 g/mol. The fraction of sp³-hybridized carbons (Fsp3) is 0.429. The predicted octanol–water partition coefficient (Wildman–Crippen LogP) is -3.67. The maximum Gasteiger partial charge on any atom is 0.253 e. The summed E-state index contributed by atoms with van der Waals surface area (Å²) in [5.41, 5.74) is 4.32. The molecule has 6 rings (SSSR count). The number of hydrogen-bond donors (Lipinski definition) is 12. The number of rotatable bonds is 11. The molecule has 0 aromatic heterocycles. The lowest BCUT2D eigenvalue weighted by atomic mass is 9.99. The van der Waals surface area contributed by atoms with Crippen molar-refractivity contribution in [2.45, 2.75) is 68.3 Å². The third-order valence-corrected chi connectivity index (χ3v) is 8.76. The van der Waals surface area contributed by atoms with Crippen molar-refractivity contribution in [3.8, 4) is 11.5 Å². The minimum atomic E-state index is -1.53. The first-order valence-corrected chi connectivity index (χ1v) is 16.8. The average Bonchev–Trinajstić information content (AvgIpc) is 3.21. The van der Waals surface area contributed by atoms with Crippen molar-refractivity contribution < 1.29 is 59.8 Å². The molecule has 0 amide bonds. The molecule has 0 aliphatic carbocycles. The molecule has 10 atom stereocenters. The van der Waals surface area contributed by atoms with Gasteiger partial charge in [-0.15, -0.1) is 0 Å². The number of aliphatic hydroxyl groups excluding tert-OH is 8. The summed E-state index contributed by atoms with van der Waals surface area (Å²) in [6, 6.07) is 12.5. The Bertz CT molecular complexity index is 1990. The van der Waals surface area contributed by atoms with Gasteiger partial charge < -0.3 is 81.5 Å². The fourth-order valence-corrected chi connectivity index (χ4v) is 5.53. The number of nitrogens with two attached hydrogens (primary N) is 1. The Hall–Kier alpha value is -4.84. The van der Waals surface area contributed by atoms with Crippen LogP contribution in [0.2, 0.25) is 0 Å². The third kappa shape index (κ3) is 9.18. The van der Waals surface area contributed by atoms with E-state index in [2.05, 4.69) is 21.7 Å². The second-order valence-corrected chi connectivity index (χ2v) is 12.2. The predicted molar refractivity (Wildman–Crippen MR) is 195 cm³/mol. The van der Waals surface area contributed by atoms with Crippen LogP contribution in [-0.2, 0) is 9.47 Å². The zero-order valence-corrected chi connectivity index (χ0v) is 29.7. The summed E-state index contributed by atoms with van der Waals surface area (Å²) in [5, 5.41) is 85.6. The average molecular weight is 777 g/mol. The van der Waals surface area contributed by atoms with E-state index in [0.717, 1.165) is 0 Å². The number of hydrogen-bond acceptors (Lipinski definition) is 20. The number of benzene rings is 2. The number of anilines is 5. The lowest BCUT2D eigenvalue weighted by molar-refractivity contribution is -0.277. The molecule has 55 heavy (non-hydrogen) atoms. The summed E-state index contributed by atoms with van der Waals surface area (Å²) < 4.78 is 21.5. The highest BCUT2D eigenvalue weighted by molar-refractivity contribution is 5.78. The molecule has 0 bridgehead atoms. The Morgan fingerprint density at radius 1 is 0.564 bits per heavy atom. The Balaban J connectivity index is 0.000000234. The standard InChI is InChI=1S/C17H20N2O8.C17H19NO8.CH5N/c1-18-10-11(14(23)13(10)22)19-7-2-4-8(5-3-7)26-17-16(25)15(24)12(21)9(6-20)27-17;1-7-11(14(22)12(7)20)18-8-2-4-9(5-3-8)25-17-16(24)15(23)13(21)10(6-19)26-17;1-2/h2-5,9,12,15-21,24-25H,6H2,1H3;2-5,10,13,15-19,21,23-24H,6H2,1H3;2H2,1H3/t9?,12?,15-,16+,17?;10?,13?,15-,16+,17?;/m00./s1. The van der Waals surface area contributed by atoms with Crippen LogP contribution in [0.1, 0.15) is 5.56 Å². The summed E-state index contributed by atoms with van der Waals surface area (Å²) >= 11 is 0. The van der Waals surface area contributed by atoms with Gasteiger partial charge in [0.05, 0.1) is 18.9 Å². The fourth-order valence-electron chi connectivity index (χ4n) is 5.53. The van der Waals surface area contributed by atoms with Crippen LogP contribution in [0.15, 0.2) is 67.7 Å². The molecule has 300 valence electrons. The van der Waals surface area contributed by atoms with E-state index in [1.165, 1.54) is 31.3 Å². The molecule has 13 N–H and O–H groups in total. The van der Waals surface area contributed by atoms with Crippen LogP contribution in [0.3, 0.4) is 0 Å². The van der Waals surface area contributed by atoms with Crippen molar-refractivity contribution in [1.82, 2.24) is 0 Å². The van der Waals surface area contributed by atoms with Crippen LogP contribution in [0.5, 0.6) is 11.5 Å². The Morgan fingerprint density at radius 3 is 1.29 bits per heavy atom. The van der Waals surface area contributed by atoms with Gasteiger partial charge in [-0.1, -0.05) is 0 Å².